The normalized spacial score (nSPS) is 11.2. The van der Waals surface area contributed by atoms with Crippen LogP contribution in [0.25, 0.3) is 0 Å². The van der Waals surface area contributed by atoms with Crippen molar-refractivity contribution in [2.24, 2.45) is 4.99 Å². The van der Waals surface area contributed by atoms with Crippen LogP contribution >= 0.6 is 0 Å². The van der Waals surface area contributed by atoms with Crippen LogP contribution < -0.4 is 20.7 Å². The number of aryl methyl sites for hydroxylation is 1. The summed E-state index contributed by atoms with van der Waals surface area (Å²) in [5.74, 6) is 1.50. The van der Waals surface area contributed by atoms with Crippen LogP contribution in [-0.2, 0) is 17.8 Å². The number of guanidine groups is 1. The Morgan fingerprint density at radius 1 is 1.03 bits per heavy atom. The summed E-state index contributed by atoms with van der Waals surface area (Å²) < 4.78 is 11.0. The van der Waals surface area contributed by atoms with Crippen LogP contribution in [-0.4, -0.2) is 45.3 Å². The van der Waals surface area contributed by atoms with Crippen molar-refractivity contribution >= 4 is 11.9 Å². The summed E-state index contributed by atoms with van der Waals surface area (Å²) in [6, 6.07) is 13.7. The average Bonchev–Trinajstić information content (AvgIpc) is 2.80. The average molecular weight is 441 g/mol. The minimum atomic E-state index is -0.0527. The van der Waals surface area contributed by atoms with Crippen LogP contribution in [0.3, 0.4) is 0 Å². The number of benzene rings is 2. The summed E-state index contributed by atoms with van der Waals surface area (Å²) in [4.78, 5) is 16.9. The number of nitrogens with zero attached hydrogens (tertiary/aromatic N) is 1. The van der Waals surface area contributed by atoms with Gasteiger partial charge in [0.05, 0.1) is 13.2 Å². The first-order valence-corrected chi connectivity index (χ1v) is 11.2. The zero-order chi connectivity index (χ0) is 23.2. The first-order valence-electron chi connectivity index (χ1n) is 11.2. The largest absolute Gasteiger partial charge is 0.491 e. The molecule has 0 saturated heterocycles. The molecule has 0 atom stereocenters. The molecule has 0 heterocycles. The molecule has 32 heavy (non-hydrogen) atoms. The smallest absolute Gasteiger partial charge is 0.251 e. The molecule has 0 radical (unpaired) electrons. The summed E-state index contributed by atoms with van der Waals surface area (Å²) in [5, 5.41) is 9.55. The number of carbonyl (C=O) groups excluding carboxylic acids is 1. The molecule has 0 bridgehead atoms. The second-order valence-electron chi connectivity index (χ2n) is 7.46. The molecule has 0 aliphatic rings. The number of rotatable bonds is 12. The van der Waals surface area contributed by atoms with Crippen molar-refractivity contribution in [1.29, 1.82) is 0 Å². The number of methoxy groups -OCH3 is 1. The van der Waals surface area contributed by atoms with E-state index < -0.39 is 0 Å². The summed E-state index contributed by atoms with van der Waals surface area (Å²) in [6.07, 6.45) is 0.910. The maximum atomic E-state index is 12.2. The van der Waals surface area contributed by atoms with Gasteiger partial charge < -0.3 is 25.4 Å². The molecule has 0 unspecified atom stereocenters. The number of ether oxygens (including phenoxy) is 2. The molecular formula is C25H36N4O3. The molecule has 3 N–H and O–H groups in total. The monoisotopic (exact) mass is 440 g/mol. The zero-order valence-electron chi connectivity index (χ0n) is 19.7. The van der Waals surface area contributed by atoms with Crippen molar-refractivity contribution in [3.63, 3.8) is 0 Å². The lowest BCUT2D eigenvalue weighted by Crippen LogP contribution is -2.36. The van der Waals surface area contributed by atoms with E-state index >= 15 is 0 Å². The lowest BCUT2D eigenvalue weighted by molar-refractivity contribution is 0.0953. The zero-order valence-corrected chi connectivity index (χ0v) is 19.7. The molecule has 0 aliphatic carbocycles. The highest BCUT2D eigenvalue weighted by Crippen LogP contribution is 2.20. The Morgan fingerprint density at radius 3 is 2.62 bits per heavy atom. The molecule has 1 amide bonds. The van der Waals surface area contributed by atoms with Gasteiger partial charge in [0.15, 0.2) is 5.96 Å². The third-order valence-electron chi connectivity index (χ3n) is 4.70. The molecule has 2 rings (SSSR count). The summed E-state index contributed by atoms with van der Waals surface area (Å²) >= 11 is 0. The van der Waals surface area contributed by atoms with E-state index in [0.717, 1.165) is 35.4 Å². The van der Waals surface area contributed by atoms with Gasteiger partial charge in [0.1, 0.15) is 12.4 Å². The fourth-order valence-electron chi connectivity index (χ4n) is 3.02. The molecule has 0 spiro atoms. The number of hydrogen-bond acceptors (Lipinski definition) is 4. The van der Waals surface area contributed by atoms with Gasteiger partial charge in [-0.05, 0) is 49.6 Å². The van der Waals surface area contributed by atoms with E-state index in [1.807, 2.05) is 51.1 Å². The third-order valence-corrected chi connectivity index (χ3v) is 4.70. The number of nitrogens with one attached hydrogen (secondary N) is 3. The Bertz CT molecular complexity index is 883. The van der Waals surface area contributed by atoms with Crippen molar-refractivity contribution in [3.8, 4) is 5.75 Å². The Morgan fingerprint density at radius 2 is 1.88 bits per heavy atom. The quantitative estimate of drug-likeness (QED) is 0.268. The van der Waals surface area contributed by atoms with E-state index in [1.54, 1.807) is 7.11 Å². The highest BCUT2D eigenvalue weighted by atomic mass is 16.5. The molecule has 7 heteroatoms. The van der Waals surface area contributed by atoms with Gasteiger partial charge in [-0.3, -0.25) is 4.79 Å². The lowest BCUT2D eigenvalue weighted by atomic mass is 10.1. The van der Waals surface area contributed by atoms with E-state index in [4.69, 9.17) is 9.47 Å². The van der Waals surface area contributed by atoms with Gasteiger partial charge >= 0.3 is 0 Å². The number of carbonyl (C=O) groups is 1. The van der Waals surface area contributed by atoms with Crippen LogP contribution in [0.1, 0.15) is 47.3 Å². The van der Waals surface area contributed by atoms with Gasteiger partial charge in [0.25, 0.3) is 5.91 Å². The van der Waals surface area contributed by atoms with Crippen LogP contribution in [0.5, 0.6) is 5.75 Å². The van der Waals surface area contributed by atoms with Gasteiger partial charge in [0.2, 0.25) is 0 Å². The van der Waals surface area contributed by atoms with Crippen molar-refractivity contribution in [2.75, 3.05) is 33.4 Å². The molecule has 174 valence electrons. The molecule has 0 saturated carbocycles. The van der Waals surface area contributed by atoms with Crippen LogP contribution in [0, 0.1) is 6.92 Å². The van der Waals surface area contributed by atoms with Crippen LogP contribution in [0.4, 0.5) is 0 Å². The fraction of sp³-hybridized carbons (Fsp3) is 0.440. The number of hydrogen-bond donors (Lipinski definition) is 3. The van der Waals surface area contributed by atoms with Crippen molar-refractivity contribution in [2.45, 2.75) is 40.3 Å². The lowest BCUT2D eigenvalue weighted by Gasteiger charge is -2.15. The van der Waals surface area contributed by atoms with Gasteiger partial charge in [-0.1, -0.05) is 31.2 Å². The summed E-state index contributed by atoms with van der Waals surface area (Å²) in [6.45, 7) is 9.62. The predicted molar refractivity (Wildman–Crippen MR) is 129 cm³/mol. The molecular weight excluding hydrogens is 404 g/mol. The molecule has 0 aromatic heterocycles. The molecule has 7 nitrogen and oxygen atoms in total. The Kier molecular flexibility index (Phi) is 11.1. The Labute approximate surface area is 191 Å². The Hall–Kier alpha value is -3.06. The van der Waals surface area contributed by atoms with Gasteiger partial charge in [0, 0.05) is 37.9 Å². The standard InChI is InChI=1S/C25H36N4O3/c1-5-12-27-24(30)21-9-7-8-20(16-21)17-28-25(26-6-2)29-18-22-11-10-19(3)15-23(22)32-14-13-31-4/h7-11,15-16H,5-6,12-14,17-18H2,1-4H3,(H,27,30)(H2,26,28,29). The number of aliphatic imine (C=N–C) groups is 1. The molecule has 2 aromatic rings. The first kappa shape index (κ1) is 25.2. The number of amides is 1. The van der Waals surface area contributed by atoms with Crippen LogP contribution in [0.15, 0.2) is 47.5 Å². The molecule has 0 aliphatic heterocycles. The topological polar surface area (TPSA) is 84.0 Å². The van der Waals surface area contributed by atoms with Gasteiger partial charge in [-0.15, -0.1) is 0 Å². The third kappa shape index (κ3) is 8.59. The van der Waals surface area contributed by atoms with Crippen LogP contribution in [0.2, 0.25) is 0 Å². The van der Waals surface area contributed by atoms with E-state index in [1.165, 1.54) is 0 Å². The van der Waals surface area contributed by atoms with E-state index in [2.05, 4.69) is 33.1 Å². The molecule has 0 fully saturated rings. The maximum Gasteiger partial charge on any atom is 0.251 e. The summed E-state index contributed by atoms with van der Waals surface area (Å²) in [5.41, 5.74) is 3.82. The minimum absolute atomic E-state index is 0.0527. The predicted octanol–water partition coefficient (Wildman–Crippen LogP) is 3.42. The van der Waals surface area contributed by atoms with E-state index in [0.29, 0.717) is 44.4 Å². The Balaban J connectivity index is 2.04. The van der Waals surface area contributed by atoms with E-state index in [9.17, 15) is 4.79 Å². The van der Waals surface area contributed by atoms with E-state index in [-0.39, 0.29) is 5.91 Å². The highest BCUT2D eigenvalue weighted by Gasteiger charge is 2.08. The highest BCUT2D eigenvalue weighted by molar-refractivity contribution is 5.94. The van der Waals surface area contributed by atoms with Gasteiger partial charge in [-0.25, -0.2) is 4.99 Å². The second kappa shape index (κ2) is 14.1. The maximum absolute atomic E-state index is 12.2. The minimum Gasteiger partial charge on any atom is -0.491 e. The fourth-order valence-corrected chi connectivity index (χ4v) is 3.02. The SMILES string of the molecule is CCCNC(=O)c1cccc(CN=C(NCC)NCc2ccc(C)cc2OCCOC)c1. The van der Waals surface area contributed by atoms with Crippen molar-refractivity contribution < 1.29 is 14.3 Å². The second-order valence-corrected chi connectivity index (χ2v) is 7.46. The summed E-state index contributed by atoms with van der Waals surface area (Å²) in [7, 11) is 1.66. The van der Waals surface area contributed by atoms with Crippen molar-refractivity contribution in [3.05, 3.63) is 64.7 Å². The molecule has 2 aromatic carbocycles. The first-order chi connectivity index (χ1) is 15.6. The van der Waals surface area contributed by atoms with Gasteiger partial charge in [-0.2, -0.15) is 0 Å². The van der Waals surface area contributed by atoms with Crippen molar-refractivity contribution in [1.82, 2.24) is 16.0 Å².